The van der Waals surface area contributed by atoms with Crippen molar-refractivity contribution in [3.63, 3.8) is 0 Å². The van der Waals surface area contributed by atoms with Gasteiger partial charge in [-0.1, -0.05) is 96.5 Å². The molecule has 0 saturated heterocycles. The van der Waals surface area contributed by atoms with Gasteiger partial charge in [-0.3, -0.25) is 0 Å². The van der Waals surface area contributed by atoms with E-state index in [1.807, 2.05) is 6.08 Å². The molecular weight excluding hydrogens is 232 g/mol. The average Bonchev–Trinajstić information content (AvgIpc) is 2.43. The van der Waals surface area contributed by atoms with Crippen LogP contribution in [0, 0.1) is 0 Å². The predicted molar refractivity (Wildman–Crippen MR) is 86.7 cm³/mol. The van der Waals surface area contributed by atoms with Gasteiger partial charge in [0.25, 0.3) is 0 Å². The third kappa shape index (κ3) is 17.5. The Balaban J connectivity index is 2.91. The molecule has 1 nitrogen and oxygen atoms in total. The van der Waals surface area contributed by atoms with Crippen LogP contribution in [-0.4, -0.2) is 5.11 Å². The van der Waals surface area contributed by atoms with E-state index in [-0.39, 0.29) is 0 Å². The lowest BCUT2D eigenvalue weighted by Crippen LogP contribution is -1.83. The van der Waals surface area contributed by atoms with Crippen molar-refractivity contribution in [2.45, 2.75) is 103 Å². The molecule has 19 heavy (non-hydrogen) atoms. The van der Waals surface area contributed by atoms with Gasteiger partial charge in [-0.15, -0.1) is 0 Å². The van der Waals surface area contributed by atoms with Crippen LogP contribution in [0.1, 0.15) is 103 Å². The van der Waals surface area contributed by atoms with Gasteiger partial charge < -0.3 is 5.11 Å². The highest BCUT2D eigenvalue weighted by Crippen LogP contribution is 2.13. The first kappa shape index (κ1) is 18.5. The van der Waals surface area contributed by atoms with Gasteiger partial charge in [0, 0.05) is 0 Å². The first-order valence-corrected chi connectivity index (χ1v) is 8.71. The molecule has 0 aromatic heterocycles. The molecule has 0 aliphatic carbocycles. The van der Waals surface area contributed by atoms with E-state index >= 15 is 0 Å². The molecule has 114 valence electrons. The number of unbranched alkanes of at least 4 members (excludes halogenated alkanes) is 14. The quantitative estimate of drug-likeness (QED) is 0.252. The lowest BCUT2D eigenvalue weighted by atomic mass is 10.0. The lowest BCUT2D eigenvalue weighted by molar-refractivity contribution is 0.469. The van der Waals surface area contributed by atoms with E-state index in [0.717, 1.165) is 6.42 Å². The van der Waals surface area contributed by atoms with Crippen molar-refractivity contribution >= 4 is 0 Å². The molecule has 0 atom stereocenters. The van der Waals surface area contributed by atoms with Crippen molar-refractivity contribution in [3.8, 4) is 0 Å². The molecule has 0 unspecified atom stereocenters. The monoisotopic (exact) mass is 268 g/mol. The van der Waals surface area contributed by atoms with Gasteiger partial charge >= 0.3 is 0 Å². The van der Waals surface area contributed by atoms with Crippen molar-refractivity contribution in [1.29, 1.82) is 0 Å². The van der Waals surface area contributed by atoms with Crippen LogP contribution in [0.3, 0.4) is 0 Å². The molecule has 0 radical (unpaired) electrons. The van der Waals surface area contributed by atoms with E-state index in [1.54, 1.807) is 0 Å². The fourth-order valence-corrected chi connectivity index (χ4v) is 2.53. The number of aliphatic hydroxyl groups excluding tert-OH is 1. The maximum Gasteiger partial charge on any atom is 0.0751 e. The van der Waals surface area contributed by atoms with E-state index < -0.39 is 0 Å². The van der Waals surface area contributed by atoms with E-state index in [0.29, 0.717) is 0 Å². The molecule has 0 fully saturated rings. The lowest BCUT2D eigenvalue weighted by Gasteiger charge is -2.02. The van der Waals surface area contributed by atoms with E-state index in [1.165, 1.54) is 96.2 Å². The maximum atomic E-state index is 8.49. The third-order valence-corrected chi connectivity index (χ3v) is 3.83. The maximum absolute atomic E-state index is 8.49. The highest BCUT2D eigenvalue weighted by molar-refractivity contribution is 4.70. The molecule has 0 saturated carbocycles. The number of rotatable bonds is 15. The first-order chi connectivity index (χ1) is 9.41. The Bertz CT molecular complexity index is 175. The zero-order valence-corrected chi connectivity index (χ0v) is 13.2. The minimum Gasteiger partial charge on any atom is -0.516 e. The summed E-state index contributed by atoms with van der Waals surface area (Å²) in [5.41, 5.74) is 0. The summed E-state index contributed by atoms with van der Waals surface area (Å²) in [6.07, 6.45) is 23.7. The van der Waals surface area contributed by atoms with Crippen molar-refractivity contribution in [3.05, 3.63) is 12.3 Å². The molecule has 0 aliphatic heterocycles. The molecular formula is C18H36O. The Morgan fingerprint density at radius 2 is 0.947 bits per heavy atom. The molecule has 0 aliphatic rings. The Morgan fingerprint density at radius 1 is 0.579 bits per heavy atom. The van der Waals surface area contributed by atoms with Crippen molar-refractivity contribution in [2.24, 2.45) is 0 Å². The second-order valence-electron chi connectivity index (χ2n) is 5.77. The van der Waals surface area contributed by atoms with Crippen LogP contribution in [0.5, 0.6) is 0 Å². The molecule has 0 heterocycles. The SMILES string of the molecule is CCCCCCCCCCCCCCCCC=CO. The van der Waals surface area contributed by atoms with Gasteiger partial charge in [-0.05, 0) is 12.8 Å². The molecule has 0 spiro atoms. The highest BCUT2D eigenvalue weighted by Gasteiger charge is 1.93. The van der Waals surface area contributed by atoms with Crippen LogP contribution in [0.25, 0.3) is 0 Å². The minimum atomic E-state index is 1.04. The highest BCUT2D eigenvalue weighted by atomic mass is 16.2. The van der Waals surface area contributed by atoms with Gasteiger partial charge in [0.15, 0.2) is 0 Å². The normalized spacial score (nSPS) is 11.4. The van der Waals surface area contributed by atoms with Crippen LogP contribution in [0.2, 0.25) is 0 Å². The molecule has 0 aromatic rings. The molecule has 0 rings (SSSR count). The van der Waals surface area contributed by atoms with Gasteiger partial charge in [-0.2, -0.15) is 0 Å². The largest absolute Gasteiger partial charge is 0.516 e. The van der Waals surface area contributed by atoms with Crippen LogP contribution in [-0.2, 0) is 0 Å². The Kier molecular flexibility index (Phi) is 17.1. The number of allylic oxidation sites excluding steroid dienone is 1. The van der Waals surface area contributed by atoms with E-state index in [9.17, 15) is 0 Å². The average molecular weight is 268 g/mol. The van der Waals surface area contributed by atoms with Gasteiger partial charge in [0.2, 0.25) is 0 Å². The van der Waals surface area contributed by atoms with Crippen molar-refractivity contribution in [2.75, 3.05) is 0 Å². The van der Waals surface area contributed by atoms with Crippen LogP contribution in [0.15, 0.2) is 12.3 Å². The van der Waals surface area contributed by atoms with Crippen molar-refractivity contribution < 1.29 is 5.11 Å². The fraction of sp³-hybridized carbons (Fsp3) is 0.889. The Hall–Kier alpha value is -0.460. The van der Waals surface area contributed by atoms with Crippen LogP contribution < -0.4 is 0 Å². The number of aliphatic hydroxyl groups is 1. The van der Waals surface area contributed by atoms with Gasteiger partial charge in [-0.25, -0.2) is 0 Å². The van der Waals surface area contributed by atoms with Crippen LogP contribution in [0.4, 0.5) is 0 Å². The summed E-state index contributed by atoms with van der Waals surface area (Å²) in [7, 11) is 0. The van der Waals surface area contributed by atoms with Crippen LogP contribution >= 0.6 is 0 Å². The zero-order valence-electron chi connectivity index (χ0n) is 13.2. The molecule has 1 N–H and O–H groups in total. The number of hydrogen-bond donors (Lipinski definition) is 1. The molecule has 0 bridgehead atoms. The standard InChI is InChI=1S/C18H36O/c1-2-3-4-5-6-7-8-9-10-11-12-13-14-15-16-17-18-19/h17-19H,2-16H2,1H3. The van der Waals surface area contributed by atoms with Gasteiger partial charge in [0.05, 0.1) is 6.26 Å². The fourth-order valence-electron chi connectivity index (χ4n) is 2.53. The third-order valence-electron chi connectivity index (χ3n) is 3.83. The summed E-state index contributed by atoms with van der Waals surface area (Å²) in [5.74, 6) is 0. The smallest absolute Gasteiger partial charge is 0.0751 e. The summed E-state index contributed by atoms with van der Waals surface area (Å²) >= 11 is 0. The Labute approximate surface area is 121 Å². The topological polar surface area (TPSA) is 20.2 Å². The summed E-state index contributed by atoms with van der Waals surface area (Å²) in [6.45, 7) is 2.28. The van der Waals surface area contributed by atoms with Gasteiger partial charge in [0.1, 0.15) is 0 Å². The van der Waals surface area contributed by atoms with Crippen molar-refractivity contribution in [1.82, 2.24) is 0 Å². The first-order valence-electron chi connectivity index (χ1n) is 8.71. The molecule has 0 amide bonds. The summed E-state index contributed by atoms with van der Waals surface area (Å²) in [5, 5.41) is 8.49. The number of hydrogen-bond acceptors (Lipinski definition) is 1. The second kappa shape index (κ2) is 17.5. The summed E-state index contributed by atoms with van der Waals surface area (Å²) in [6, 6.07) is 0. The van der Waals surface area contributed by atoms with E-state index in [2.05, 4.69) is 6.92 Å². The Morgan fingerprint density at radius 3 is 1.32 bits per heavy atom. The summed E-state index contributed by atoms with van der Waals surface area (Å²) < 4.78 is 0. The second-order valence-corrected chi connectivity index (χ2v) is 5.77. The predicted octanol–water partition coefficient (Wildman–Crippen LogP) is 6.93. The molecule has 1 heteroatoms. The van der Waals surface area contributed by atoms with E-state index in [4.69, 9.17) is 5.11 Å². The summed E-state index contributed by atoms with van der Waals surface area (Å²) in [4.78, 5) is 0. The molecule has 0 aromatic carbocycles. The minimum absolute atomic E-state index is 1.04. The zero-order chi connectivity index (χ0) is 14.0.